The zero-order valence-corrected chi connectivity index (χ0v) is 9.91. The van der Waals surface area contributed by atoms with Crippen LogP contribution in [0, 0.1) is 5.92 Å². The van der Waals surface area contributed by atoms with Crippen molar-refractivity contribution in [2.24, 2.45) is 11.7 Å². The van der Waals surface area contributed by atoms with E-state index in [0.29, 0.717) is 18.9 Å². The minimum Gasteiger partial charge on any atom is -0.345 e. The fourth-order valence-corrected chi connectivity index (χ4v) is 2.11. The van der Waals surface area contributed by atoms with E-state index < -0.39 is 0 Å². The molecule has 0 bridgehead atoms. The van der Waals surface area contributed by atoms with E-state index in [1.807, 2.05) is 11.9 Å². The molecule has 88 valence electrons. The van der Waals surface area contributed by atoms with Crippen molar-refractivity contribution in [3.05, 3.63) is 0 Å². The van der Waals surface area contributed by atoms with E-state index in [9.17, 15) is 4.79 Å². The lowest BCUT2D eigenvalue weighted by atomic mass is 10.1. The highest BCUT2D eigenvalue weighted by Gasteiger charge is 2.22. The van der Waals surface area contributed by atoms with Crippen LogP contribution in [-0.2, 0) is 4.79 Å². The minimum atomic E-state index is 0.231. The van der Waals surface area contributed by atoms with Gasteiger partial charge in [-0.1, -0.05) is 0 Å². The molecule has 1 unspecified atom stereocenters. The van der Waals surface area contributed by atoms with Crippen molar-refractivity contribution >= 4 is 5.91 Å². The monoisotopic (exact) mass is 213 g/mol. The predicted octanol–water partition coefficient (Wildman–Crippen LogP) is 0.135. The maximum Gasteiger partial charge on any atom is 0.222 e. The Morgan fingerprint density at radius 3 is 2.87 bits per heavy atom. The molecule has 1 saturated heterocycles. The molecular weight excluding hydrogens is 190 g/mol. The van der Waals surface area contributed by atoms with E-state index in [1.165, 1.54) is 6.42 Å². The normalized spacial score (nSPS) is 21.9. The Labute approximate surface area is 92.4 Å². The highest BCUT2D eigenvalue weighted by molar-refractivity contribution is 5.75. The third-order valence-electron chi connectivity index (χ3n) is 3.04. The molecule has 0 aromatic rings. The summed E-state index contributed by atoms with van der Waals surface area (Å²) in [5, 5.41) is 0. The Morgan fingerprint density at radius 2 is 2.33 bits per heavy atom. The maximum absolute atomic E-state index is 11.6. The van der Waals surface area contributed by atoms with Crippen LogP contribution in [0.25, 0.3) is 0 Å². The summed E-state index contributed by atoms with van der Waals surface area (Å²) in [6.45, 7) is 3.78. The summed E-state index contributed by atoms with van der Waals surface area (Å²) >= 11 is 0. The molecule has 0 spiro atoms. The van der Waals surface area contributed by atoms with Gasteiger partial charge < -0.3 is 15.5 Å². The zero-order valence-electron chi connectivity index (χ0n) is 9.91. The maximum atomic E-state index is 11.6. The number of hydrogen-bond acceptors (Lipinski definition) is 3. The van der Waals surface area contributed by atoms with Crippen LogP contribution in [-0.4, -0.2) is 56.0 Å². The molecule has 1 aliphatic heterocycles. The second-order valence-electron chi connectivity index (χ2n) is 4.58. The van der Waals surface area contributed by atoms with Gasteiger partial charge in [-0.15, -0.1) is 0 Å². The molecule has 4 heteroatoms. The second-order valence-corrected chi connectivity index (χ2v) is 4.58. The number of likely N-dealkylation sites (tertiary alicyclic amines) is 1. The van der Waals surface area contributed by atoms with Crippen molar-refractivity contribution in [2.45, 2.75) is 19.3 Å². The minimum absolute atomic E-state index is 0.231. The summed E-state index contributed by atoms with van der Waals surface area (Å²) in [5.41, 5.74) is 5.38. The van der Waals surface area contributed by atoms with Gasteiger partial charge in [-0.25, -0.2) is 0 Å². The predicted molar refractivity (Wildman–Crippen MR) is 61.5 cm³/mol. The van der Waals surface area contributed by atoms with E-state index in [-0.39, 0.29) is 5.91 Å². The molecule has 1 heterocycles. The van der Waals surface area contributed by atoms with E-state index in [0.717, 1.165) is 26.1 Å². The Hall–Kier alpha value is -0.610. The molecule has 1 rings (SSSR count). The van der Waals surface area contributed by atoms with Gasteiger partial charge in [-0.05, 0) is 38.9 Å². The molecular formula is C11H23N3O. The van der Waals surface area contributed by atoms with Gasteiger partial charge in [0.05, 0.1) is 0 Å². The third kappa shape index (κ3) is 4.18. The summed E-state index contributed by atoms with van der Waals surface area (Å²) in [4.78, 5) is 15.8. The first-order valence-electron chi connectivity index (χ1n) is 5.76. The van der Waals surface area contributed by atoms with Gasteiger partial charge in [-0.3, -0.25) is 4.79 Å². The van der Waals surface area contributed by atoms with Gasteiger partial charge in [0, 0.05) is 26.6 Å². The van der Waals surface area contributed by atoms with Crippen molar-refractivity contribution < 1.29 is 4.79 Å². The summed E-state index contributed by atoms with van der Waals surface area (Å²) in [5.74, 6) is 0.886. The number of amides is 1. The van der Waals surface area contributed by atoms with Crippen LogP contribution < -0.4 is 5.73 Å². The van der Waals surface area contributed by atoms with Crippen molar-refractivity contribution in [1.82, 2.24) is 9.80 Å². The summed E-state index contributed by atoms with van der Waals surface area (Å²) in [6.07, 6.45) is 2.61. The number of rotatable bonds is 5. The number of carbonyl (C=O) groups excluding carboxylic acids is 1. The first-order valence-corrected chi connectivity index (χ1v) is 5.76. The van der Waals surface area contributed by atoms with Crippen LogP contribution >= 0.6 is 0 Å². The number of nitrogens with zero attached hydrogens (tertiary/aromatic N) is 2. The van der Waals surface area contributed by atoms with Crippen molar-refractivity contribution in [1.29, 1.82) is 0 Å². The molecule has 15 heavy (non-hydrogen) atoms. The SMILES string of the molecule is CN1CCC(CN(C)C(=O)CCCN)C1. The molecule has 1 amide bonds. The van der Waals surface area contributed by atoms with Crippen LogP contribution in [0.3, 0.4) is 0 Å². The lowest BCUT2D eigenvalue weighted by Crippen LogP contribution is -2.32. The number of carbonyl (C=O) groups is 1. The largest absolute Gasteiger partial charge is 0.345 e. The summed E-state index contributed by atoms with van der Waals surface area (Å²) < 4.78 is 0. The third-order valence-corrected chi connectivity index (χ3v) is 3.04. The van der Waals surface area contributed by atoms with Crippen molar-refractivity contribution in [2.75, 3.05) is 40.3 Å². The van der Waals surface area contributed by atoms with Crippen molar-refractivity contribution in [3.8, 4) is 0 Å². The topological polar surface area (TPSA) is 49.6 Å². The fourth-order valence-electron chi connectivity index (χ4n) is 2.11. The lowest BCUT2D eigenvalue weighted by molar-refractivity contribution is -0.130. The molecule has 0 aromatic heterocycles. The average molecular weight is 213 g/mol. The highest BCUT2D eigenvalue weighted by atomic mass is 16.2. The first-order chi connectivity index (χ1) is 7.13. The Morgan fingerprint density at radius 1 is 1.60 bits per heavy atom. The Balaban J connectivity index is 2.22. The summed E-state index contributed by atoms with van der Waals surface area (Å²) in [7, 11) is 4.04. The first kappa shape index (κ1) is 12.5. The van der Waals surface area contributed by atoms with Crippen LogP contribution in [0.5, 0.6) is 0 Å². The van der Waals surface area contributed by atoms with E-state index in [4.69, 9.17) is 5.73 Å². The van der Waals surface area contributed by atoms with Gasteiger partial charge in [-0.2, -0.15) is 0 Å². The average Bonchev–Trinajstić information content (AvgIpc) is 2.60. The Kier molecular flexibility index (Phi) is 5.05. The standard InChI is InChI=1S/C11H23N3O/c1-13-7-5-10(8-13)9-14(2)11(15)4-3-6-12/h10H,3-9,12H2,1-2H3. The highest BCUT2D eigenvalue weighted by Crippen LogP contribution is 2.15. The van der Waals surface area contributed by atoms with Crippen LogP contribution in [0.1, 0.15) is 19.3 Å². The molecule has 0 radical (unpaired) electrons. The second kappa shape index (κ2) is 6.08. The number of hydrogen-bond donors (Lipinski definition) is 1. The molecule has 0 aromatic carbocycles. The van der Waals surface area contributed by atoms with E-state index in [1.54, 1.807) is 0 Å². The van der Waals surface area contributed by atoms with Crippen molar-refractivity contribution in [3.63, 3.8) is 0 Å². The zero-order chi connectivity index (χ0) is 11.3. The van der Waals surface area contributed by atoms with Gasteiger partial charge >= 0.3 is 0 Å². The molecule has 1 atom stereocenters. The fraction of sp³-hybridized carbons (Fsp3) is 0.909. The van der Waals surface area contributed by atoms with E-state index in [2.05, 4.69) is 11.9 Å². The molecule has 4 nitrogen and oxygen atoms in total. The van der Waals surface area contributed by atoms with Gasteiger partial charge in [0.1, 0.15) is 0 Å². The Bertz CT molecular complexity index is 208. The molecule has 1 fully saturated rings. The van der Waals surface area contributed by atoms with Crippen LogP contribution in [0.4, 0.5) is 0 Å². The summed E-state index contributed by atoms with van der Waals surface area (Å²) in [6, 6.07) is 0. The molecule has 1 aliphatic rings. The van der Waals surface area contributed by atoms with Gasteiger partial charge in [0.2, 0.25) is 5.91 Å². The smallest absolute Gasteiger partial charge is 0.222 e. The van der Waals surface area contributed by atoms with Crippen LogP contribution in [0.15, 0.2) is 0 Å². The molecule has 0 aliphatic carbocycles. The van der Waals surface area contributed by atoms with Gasteiger partial charge in [0.15, 0.2) is 0 Å². The lowest BCUT2D eigenvalue weighted by Gasteiger charge is -2.21. The molecule has 2 N–H and O–H groups in total. The number of nitrogens with two attached hydrogens (primary N) is 1. The quantitative estimate of drug-likeness (QED) is 0.706. The van der Waals surface area contributed by atoms with Crippen LogP contribution in [0.2, 0.25) is 0 Å². The van der Waals surface area contributed by atoms with E-state index >= 15 is 0 Å². The molecule has 0 saturated carbocycles. The van der Waals surface area contributed by atoms with Gasteiger partial charge in [0.25, 0.3) is 0 Å².